The Morgan fingerprint density at radius 3 is 2.45 bits per heavy atom. The van der Waals surface area contributed by atoms with Gasteiger partial charge in [0.25, 0.3) is 0 Å². The molecule has 1 aliphatic carbocycles. The van der Waals surface area contributed by atoms with Crippen LogP contribution in [0.3, 0.4) is 0 Å². The molecule has 6 nitrogen and oxygen atoms in total. The van der Waals surface area contributed by atoms with Crippen LogP contribution in [-0.2, 0) is 22.8 Å². The lowest BCUT2D eigenvalue weighted by atomic mass is 10.1. The molecule has 0 aliphatic heterocycles. The maximum Gasteiger partial charge on any atom is 0.191 e. The van der Waals surface area contributed by atoms with Crippen LogP contribution >= 0.6 is 0 Å². The second-order valence-electron chi connectivity index (χ2n) is 8.15. The number of rotatable bonds is 8. The maximum atomic E-state index is 11.6. The number of sulfone groups is 1. The van der Waals surface area contributed by atoms with Gasteiger partial charge in [-0.1, -0.05) is 24.3 Å². The van der Waals surface area contributed by atoms with Crippen LogP contribution in [0.15, 0.2) is 52.4 Å². The molecule has 0 atom stereocenters. The summed E-state index contributed by atoms with van der Waals surface area (Å²) in [5.74, 6) is 1.68. The zero-order chi connectivity index (χ0) is 22.3. The Kier molecular flexibility index (Phi) is 7.96. The summed E-state index contributed by atoms with van der Waals surface area (Å²) in [7, 11) is -1.41. The number of aryl methyl sites for hydroxylation is 1. The smallest absolute Gasteiger partial charge is 0.191 e. The third kappa shape index (κ3) is 6.99. The average Bonchev–Trinajstić information content (AvgIpc) is 3.24. The van der Waals surface area contributed by atoms with E-state index in [4.69, 9.17) is 4.74 Å². The van der Waals surface area contributed by atoms with E-state index in [0.29, 0.717) is 24.1 Å². The molecule has 0 radical (unpaired) electrons. The SMILES string of the molecule is CN=C(NCCc1ccc(S(C)(=O)=O)cc1)NCc1ccc(C)cc1OC1CCCC1. The average molecular weight is 444 g/mol. The number of benzene rings is 2. The highest BCUT2D eigenvalue weighted by Gasteiger charge is 2.18. The van der Waals surface area contributed by atoms with Crippen LogP contribution in [0.2, 0.25) is 0 Å². The molecule has 7 heteroatoms. The lowest BCUT2D eigenvalue weighted by Gasteiger charge is -2.18. The van der Waals surface area contributed by atoms with E-state index < -0.39 is 9.84 Å². The molecule has 3 rings (SSSR count). The van der Waals surface area contributed by atoms with E-state index in [1.807, 2.05) is 12.1 Å². The second-order valence-corrected chi connectivity index (χ2v) is 10.2. The van der Waals surface area contributed by atoms with Crippen LogP contribution in [-0.4, -0.2) is 40.3 Å². The van der Waals surface area contributed by atoms with Crippen molar-refractivity contribution in [3.8, 4) is 5.75 Å². The topological polar surface area (TPSA) is 79.8 Å². The molecule has 1 fully saturated rings. The highest BCUT2D eigenvalue weighted by Crippen LogP contribution is 2.27. The summed E-state index contributed by atoms with van der Waals surface area (Å²) in [6, 6.07) is 13.4. The van der Waals surface area contributed by atoms with Gasteiger partial charge in [0, 0.05) is 32.0 Å². The van der Waals surface area contributed by atoms with E-state index >= 15 is 0 Å². The van der Waals surface area contributed by atoms with Gasteiger partial charge in [-0.2, -0.15) is 0 Å². The third-order valence-electron chi connectivity index (χ3n) is 5.55. The molecule has 0 heterocycles. The minimum Gasteiger partial charge on any atom is -0.490 e. The van der Waals surface area contributed by atoms with Gasteiger partial charge in [-0.15, -0.1) is 0 Å². The number of nitrogens with one attached hydrogen (secondary N) is 2. The molecule has 31 heavy (non-hydrogen) atoms. The van der Waals surface area contributed by atoms with Crippen molar-refractivity contribution in [3.05, 3.63) is 59.2 Å². The van der Waals surface area contributed by atoms with Crippen molar-refractivity contribution in [2.75, 3.05) is 19.8 Å². The lowest BCUT2D eigenvalue weighted by molar-refractivity contribution is 0.207. The molecule has 2 aromatic carbocycles. The molecular weight excluding hydrogens is 410 g/mol. The number of nitrogens with zero attached hydrogens (tertiary/aromatic N) is 1. The monoisotopic (exact) mass is 443 g/mol. The maximum absolute atomic E-state index is 11.6. The van der Waals surface area contributed by atoms with E-state index in [0.717, 1.165) is 42.1 Å². The first kappa shape index (κ1) is 23.1. The predicted octanol–water partition coefficient (Wildman–Crippen LogP) is 3.63. The summed E-state index contributed by atoms with van der Waals surface area (Å²) >= 11 is 0. The number of hydrogen-bond acceptors (Lipinski definition) is 4. The Morgan fingerprint density at radius 2 is 1.81 bits per heavy atom. The number of ether oxygens (including phenoxy) is 1. The summed E-state index contributed by atoms with van der Waals surface area (Å²) in [4.78, 5) is 4.65. The Morgan fingerprint density at radius 1 is 1.10 bits per heavy atom. The van der Waals surface area contributed by atoms with E-state index in [1.165, 1.54) is 24.7 Å². The lowest BCUT2D eigenvalue weighted by Crippen LogP contribution is -2.38. The summed E-state index contributed by atoms with van der Waals surface area (Å²) < 4.78 is 29.4. The van der Waals surface area contributed by atoms with Gasteiger partial charge in [0.2, 0.25) is 0 Å². The highest BCUT2D eigenvalue weighted by molar-refractivity contribution is 7.90. The Bertz CT molecular complexity index is 995. The highest BCUT2D eigenvalue weighted by atomic mass is 32.2. The van der Waals surface area contributed by atoms with Crippen molar-refractivity contribution >= 4 is 15.8 Å². The van der Waals surface area contributed by atoms with Crippen molar-refractivity contribution in [3.63, 3.8) is 0 Å². The molecule has 1 aliphatic rings. The molecule has 168 valence electrons. The molecule has 0 unspecified atom stereocenters. The van der Waals surface area contributed by atoms with E-state index in [2.05, 4.69) is 40.7 Å². The molecule has 0 aromatic heterocycles. The van der Waals surface area contributed by atoms with Gasteiger partial charge in [0.05, 0.1) is 11.0 Å². The van der Waals surface area contributed by atoms with Crippen molar-refractivity contribution in [2.45, 2.75) is 56.6 Å². The van der Waals surface area contributed by atoms with Crippen LogP contribution in [0.4, 0.5) is 0 Å². The van der Waals surface area contributed by atoms with Crippen molar-refractivity contribution in [1.82, 2.24) is 10.6 Å². The van der Waals surface area contributed by atoms with Gasteiger partial charge in [-0.05, 0) is 68.4 Å². The molecule has 0 saturated heterocycles. The Hall–Kier alpha value is -2.54. The molecule has 0 amide bonds. The van der Waals surface area contributed by atoms with Gasteiger partial charge in [-0.25, -0.2) is 8.42 Å². The van der Waals surface area contributed by atoms with E-state index in [9.17, 15) is 8.42 Å². The van der Waals surface area contributed by atoms with Crippen molar-refractivity contribution < 1.29 is 13.2 Å². The first-order valence-electron chi connectivity index (χ1n) is 10.8. The number of guanidine groups is 1. The minimum atomic E-state index is -3.16. The summed E-state index contributed by atoms with van der Waals surface area (Å²) in [6.07, 6.45) is 7.08. The first-order valence-corrected chi connectivity index (χ1v) is 12.7. The van der Waals surface area contributed by atoms with Crippen LogP contribution in [0.25, 0.3) is 0 Å². The van der Waals surface area contributed by atoms with Crippen LogP contribution in [0.1, 0.15) is 42.4 Å². The number of hydrogen-bond donors (Lipinski definition) is 2. The van der Waals surface area contributed by atoms with Gasteiger partial charge < -0.3 is 15.4 Å². The zero-order valence-corrected chi connectivity index (χ0v) is 19.5. The standard InChI is InChI=1S/C24H33N3O3S/c1-18-8-11-20(23(16-18)30-21-6-4-5-7-21)17-27-24(25-2)26-15-14-19-9-12-22(13-10-19)31(3,28)29/h8-13,16,21H,4-7,14-15,17H2,1-3H3,(H2,25,26,27). The van der Waals surface area contributed by atoms with Crippen molar-refractivity contribution in [1.29, 1.82) is 0 Å². The van der Waals surface area contributed by atoms with E-state index in [-0.39, 0.29) is 0 Å². The Labute approximate surface area is 186 Å². The number of aliphatic imine (C=N–C) groups is 1. The fourth-order valence-corrected chi connectivity index (χ4v) is 4.36. The van der Waals surface area contributed by atoms with Gasteiger partial charge in [0.15, 0.2) is 15.8 Å². The molecule has 2 aromatic rings. The zero-order valence-electron chi connectivity index (χ0n) is 18.6. The summed E-state index contributed by atoms with van der Waals surface area (Å²) in [6.45, 7) is 3.41. The molecule has 1 saturated carbocycles. The van der Waals surface area contributed by atoms with Crippen LogP contribution < -0.4 is 15.4 Å². The molecule has 0 bridgehead atoms. The fraction of sp³-hybridized carbons (Fsp3) is 0.458. The van der Waals surface area contributed by atoms with Crippen molar-refractivity contribution in [2.24, 2.45) is 4.99 Å². The summed E-state index contributed by atoms with van der Waals surface area (Å²) in [5, 5.41) is 6.68. The van der Waals surface area contributed by atoms with Crippen LogP contribution in [0, 0.1) is 6.92 Å². The predicted molar refractivity (Wildman–Crippen MR) is 126 cm³/mol. The van der Waals surface area contributed by atoms with Gasteiger partial charge in [0.1, 0.15) is 5.75 Å². The first-order chi connectivity index (χ1) is 14.8. The minimum absolute atomic E-state index is 0.326. The normalized spacial score (nSPS) is 15.1. The van der Waals surface area contributed by atoms with Crippen LogP contribution in [0.5, 0.6) is 5.75 Å². The van der Waals surface area contributed by atoms with E-state index in [1.54, 1.807) is 19.2 Å². The summed E-state index contributed by atoms with van der Waals surface area (Å²) in [5.41, 5.74) is 3.39. The Balaban J connectivity index is 1.51. The fourth-order valence-electron chi connectivity index (χ4n) is 3.73. The third-order valence-corrected chi connectivity index (χ3v) is 6.67. The molecular formula is C24H33N3O3S. The quantitative estimate of drug-likeness (QED) is 0.481. The van der Waals surface area contributed by atoms with Gasteiger partial charge >= 0.3 is 0 Å². The molecule has 2 N–H and O–H groups in total. The largest absolute Gasteiger partial charge is 0.490 e. The molecule has 0 spiro atoms. The van der Waals surface area contributed by atoms with Gasteiger partial charge in [-0.3, -0.25) is 4.99 Å². The second kappa shape index (κ2) is 10.7.